The summed E-state index contributed by atoms with van der Waals surface area (Å²) in [5.41, 5.74) is 4.43. The molecule has 0 heterocycles. The largest absolute Gasteiger partial charge is 0.378 e. The average molecular weight is 207 g/mol. The van der Waals surface area contributed by atoms with Crippen LogP contribution in [0.2, 0.25) is 0 Å². The Kier molecular flexibility index (Phi) is 3.68. The summed E-state index contributed by atoms with van der Waals surface area (Å²) >= 11 is 0. The van der Waals surface area contributed by atoms with Crippen molar-refractivity contribution in [1.82, 2.24) is 10.4 Å². The number of hydrogen-bond donors (Lipinski definition) is 1. The molecule has 0 unspecified atom stereocenters. The van der Waals surface area contributed by atoms with E-state index < -0.39 is 0 Å². The molecule has 4 heteroatoms. The molecule has 0 aromatic heterocycles. The van der Waals surface area contributed by atoms with Crippen LogP contribution < -0.4 is 10.3 Å². The summed E-state index contributed by atoms with van der Waals surface area (Å²) in [6.45, 7) is 0. The molecule has 1 rings (SSSR count). The lowest BCUT2D eigenvalue weighted by Gasteiger charge is -2.14. The molecule has 0 aliphatic heterocycles. The van der Waals surface area contributed by atoms with E-state index in [-0.39, 0.29) is 5.91 Å². The number of amides is 1. The summed E-state index contributed by atoms with van der Waals surface area (Å²) in [5, 5.41) is 1.63. The Hall–Kier alpha value is -1.55. The molecule has 0 spiro atoms. The van der Waals surface area contributed by atoms with Gasteiger partial charge in [-0.05, 0) is 24.3 Å². The van der Waals surface area contributed by atoms with Crippen LogP contribution in [-0.4, -0.2) is 39.1 Å². The molecule has 0 saturated heterocycles. The Bertz CT molecular complexity index is 330. The molecule has 1 N–H and O–H groups in total. The summed E-state index contributed by atoms with van der Waals surface area (Å²) in [6.07, 6.45) is 0. The van der Waals surface area contributed by atoms with Crippen LogP contribution in [0.5, 0.6) is 0 Å². The normalized spacial score (nSPS) is 10.2. The molecule has 0 aliphatic rings. The predicted octanol–water partition coefficient (Wildman–Crippen LogP) is 0.959. The number of carbonyl (C=O) groups is 1. The van der Waals surface area contributed by atoms with Crippen LogP contribution in [0.1, 0.15) is 10.4 Å². The molecular formula is C11H17N3O. The van der Waals surface area contributed by atoms with Gasteiger partial charge in [0, 0.05) is 39.4 Å². The molecule has 4 nitrogen and oxygen atoms in total. The van der Waals surface area contributed by atoms with Crippen LogP contribution in [0.4, 0.5) is 5.69 Å². The predicted molar refractivity (Wildman–Crippen MR) is 61.9 cm³/mol. The molecule has 0 radical (unpaired) electrons. The van der Waals surface area contributed by atoms with Crippen LogP contribution in [0.15, 0.2) is 24.3 Å². The zero-order valence-electron chi connectivity index (χ0n) is 9.61. The number of hydrazine groups is 1. The fourth-order valence-corrected chi connectivity index (χ4v) is 1.18. The van der Waals surface area contributed by atoms with Gasteiger partial charge in [0.05, 0.1) is 0 Å². The number of benzene rings is 1. The second-order valence-corrected chi connectivity index (χ2v) is 3.78. The van der Waals surface area contributed by atoms with Gasteiger partial charge in [-0.15, -0.1) is 0 Å². The maximum atomic E-state index is 11.6. The highest BCUT2D eigenvalue weighted by molar-refractivity contribution is 5.94. The number of carbonyl (C=O) groups excluding carboxylic acids is 1. The highest BCUT2D eigenvalue weighted by Crippen LogP contribution is 2.11. The highest BCUT2D eigenvalue weighted by Gasteiger charge is 2.05. The van der Waals surface area contributed by atoms with Gasteiger partial charge in [-0.25, -0.2) is 5.01 Å². The van der Waals surface area contributed by atoms with E-state index in [9.17, 15) is 4.79 Å². The van der Waals surface area contributed by atoms with E-state index in [1.165, 1.54) is 0 Å². The van der Waals surface area contributed by atoms with Crippen molar-refractivity contribution < 1.29 is 4.79 Å². The monoisotopic (exact) mass is 207 g/mol. The summed E-state index contributed by atoms with van der Waals surface area (Å²) in [6, 6.07) is 7.47. The highest BCUT2D eigenvalue weighted by atomic mass is 16.2. The van der Waals surface area contributed by atoms with Gasteiger partial charge >= 0.3 is 0 Å². The zero-order valence-corrected chi connectivity index (χ0v) is 9.61. The van der Waals surface area contributed by atoms with Crippen molar-refractivity contribution in [3.05, 3.63) is 29.8 Å². The number of anilines is 1. The molecule has 0 atom stereocenters. The second-order valence-electron chi connectivity index (χ2n) is 3.78. The zero-order chi connectivity index (χ0) is 11.4. The molecule has 15 heavy (non-hydrogen) atoms. The SMILES string of the molecule is CN(C)NC(=O)c1ccc(N(C)C)cc1. The lowest BCUT2D eigenvalue weighted by molar-refractivity contribution is 0.0857. The number of hydrogen-bond acceptors (Lipinski definition) is 3. The van der Waals surface area contributed by atoms with E-state index in [4.69, 9.17) is 0 Å². The van der Waals surface area contributed by atoms with E-state index in [1.807, 2.05) is 43.3 Å². The summed E-state index contributed by atoms with van der Waals surface area (Å²) < 4.78 is 0. The minimum absolute atomic E-state index is 0.0923. The third kappa shape index (κ3) is 3.25. The Labute approximate surface area is 90.5 Å². The minimum atomic E-state index is -0.0923. The fraction of sp³-hybridized carbons (Fsp3) is 0.364. The van der Waals surface area contributed by atoms with Crippen LogP contribution in [0.3, 0.4) is 0 Å². The maximum Gasteiger partial charge on any atom is 0.265 e. The molecular weight excluding hydrogens is 190 g/mol. The van der Waals surface area contributed by atoms with Crippen molar-refractivity contribution >= 4 is 11.6 Å². The van der Waals surface area contributed by atoms with Gasteiger partial charge in [-0.3, -0.25) is 10.2 Å². The molecule has 0 saturated carbocycles. The molecule has 0 aliphatic carbocycles. The van der Waals surface area contributed by atoms with E-state index in [0.29, 0.717) is 5.56 Å². The van der Waals surface area contributed by atoms with E-state index in [0.717, 1.165) is 5.69 Å². The Morgan fingerprint density at radius 2 is 1.60 bits per heavy atom. The average Bonchev–Trinajstić information content (AvgIpc) is 2.17. The van der Waals surface area contributed by atoms with Gasteiger partial charge in [-0.1, -0.05) is 0 Å². The van der Waals surface area contributed by atoms with Crippen molar-refractivity contribution in [2.24, 2.45) is 0 Å². The Balaban J connectivity index is 2.75. The summed E-state index contributed by atoms with van der Waals surface area (Å²) in [5.74, 6) is -0.0923. The Morgan fingerprint density at radius 3 is 2.00 bits per heavy atom. The fourth-order valence-electron chi connectivity index (χ4n) is 1.18. The third-order valence-electron chi connectivity index (χ3n) is 1.97. The van der Waals surface area contributed by atoms with Gasteiger partial charge in [0.15, 0.2) is 0 Å². The first-order valence-electron chi connectivity index (χ1n) is 4.76. The molecule has 1 aromatic carbocycles. The Morgan fingerprint density at radius 1 is 1.07 bits per heavy atom. The number of nitrogens with zero attached hydrogens (tertiary/aromatic N) is 2. The van der Waals surface area contributed by atoms with Gasteiger partial charge in [0.25, 0.3) is 5.91 Å². The molecule has 0 fully saturated rings. The smallest absolute Gasteiger partial charge is 0.265 e. The lowest BCUT2D eigenvalue weighted by atomic mass is 10.2. The minimum Gasteiger partial charge on any atom is -0.378 e. The number of rotatable bonds is 3. The third-order valence-corrected chi connectivity index (χ3v) is 1.97. The lowest BCUT2D eigenvalue weighted by Crippen LogP contribution is -2.36. The summed E-state index contributed by atoms with van der Waals surface area (Å²) in [7, 11) is 7.50. The van der Waals surface area contributed by atoms with Crippen LogP contribution in [-0.2, 0) is 0 Å². The van der Waals surface area contributed by atoms with E-state index in [2.05, 4.69) is 5.43 Å². The first-order chi connectivity index (χ1) is 7.00. The molecule has 1 amide bonds. The van der Waals surface area contributed by atoms with Gasteiger partial charge < -0.3 is 4.90 Å². The maximum absolute atomic E-state index is 11.6. The van der Waals surface area contributed by atoms with Crippen molar-refractivity contribution in [3.8, 4) is 0 Å². The van der Waals surface area contributed by atoms with Crippen molar-refractivity contribution in [2.45, 2.75) is 0 Å². The second kappa shape index (κ2) is 4.79. The van der Waals surface area contributed by atoms with Crippen LogP contribution >= 0.6 is 0 Å². The molecule has 1 aromatic rings. The van der Waals surface area contributed by atoms with Crippen molar-refractivity contribution in [3.63, 3.8) is 0 Å². The quantitative estimate of drug-likeness (QED) is 0.750. The van der Waals surface area contributed by atoms with Crippen molar-refractivity contribution in [2.75, 3.05) is 33.1 Å². The van der Waals surface area contributed by atoms with Crippen LogP contribution in [0, 0.1) is 0 Å². The standard InChI is InChI=1S/C11H17N3O/c1-13(2)10-7-5-9(6-8-10)11(15)12-14(3)4/h5-8H,1-4H3,(H,12,15). The van der Waals surface area contributed by atoms with E-state index in [1.54, 1.807) is 19.1 Å². The molecule has 82 valence electrons. The molecule has 0 bridgehead atoms. The summed E-state index contributed by atoms with van der Waals surface area (Å²) in [4.78, 5) is 13.6. The van der Waals surface area contributed by atoms with E-state index >= 15 is 0 Å². The van der Waals surface area contributed by atoms with Gasteiger partial charge in [-0.2, -0.15) is 0 Å². The topological polar surface area (TPSA) is 35.6 Å². The number of nitrogens with one attached hydrogen (secondary N) is 1. The van der Waals surface area contributed by atoms with Gasteiger partial charge in [0.1, 0.15) is 0 Å². The van der Waals surface area contributed by atoms with Gasteiger partial charge in [0.2, 0.25) is 0 Å². The van der Waals surface area contributed by atoms with Crippen LogP contribution in [0.25, 0.3) is 0 Å². The first kappa shape index (κ1) is 11.5. The first-order valence-corrected chi connectivity index (χ1v) is 4.76. The van der Waals surface area contributed by atoms with Crippen molar-refractivity contribution in [1.29, 1.82) is 0 Å².